The fraction of sp³-hybridized carbons (Fsp3) is 0.444. The molecule has 0 atom stereocenters. The largest absolute Gasteiger partial charge is 0.332 e. The van der Waals surface area contributed by atoms with Crippen LogP contribution in [0.1, 0.15) is 31.3 Å². The van der Waals surface area contributed by atoms with Crippen LogP contribution in [-0.4, -0.2) is 22.5 Å². The number of aromatic nitrogens is 2. The summed E-state index contributed by atoms with van der Waals surface area (Å²) in [5.41, 5.74) is 1.95. The first-order valence-corrected chi connectivity index (χ1v) is 4.19. The predicted octanol–water partition coefficient (Wildman–Crippen LogP) is 1.81. The lowest BCUT2D eigenvalue weighted by atomic mass is 10.3. The molecule has 0 aliphatic heterocycles. The van der Waals surface area contributed by atoms with E-state index in [9.17, 15) is 0 Å². The van der Waals surface area contributed by atoms with Gasteiger partial charge in [-0.1, -0.05) is 0 Å². The highest BCUT2D eigenvalue weighted by atomic mass is 15.2. The molecule has 0 spiro atoms. The van der Waals surface area contributed by atoms with Gasteiger partial charge < -0.3 is 4.57 Å². The summed E-state index contributed by atoms with van der Waals surface area (Å²) in [6.45, 7) is 9.50. The Morgan fingerprint density at radius 3 is 2.77 bits per heavy atom. The molecule has 0 N–H and O–H groups in total. The van der Waals surface area contributed by atoms with Crippen LogP contribution in [0, 0.1) is 6.92 Å². The lowest BCUT2D eigenvalue weighted by Gasteiger charge is -2.08. The Morgan fingerprint density at radius 2 is 2.31 bits per heavy atom. The molecule has 0 saturated carbocycles. The number of imidazole rings is 1. The SMILES string of the molecule is C=N/N=C\c1ncn(C(C)C)c1C. The van der Waals surface area contributed by atoms with E-state index in [0.29, 0.717) is 6.04 Å². The molecule has 1 rings (SSSR count). The first-order chi connectivity index (χ1) is 6.16. The van der Waals surface area contributed by atoms with Gasteiger partial charge in [-0.25, -0.2) is 4.98 Å². The highest BCUT2D eigenvalue weighted by molar-refractivity contribution is 5.78. The van der Waals surface area contributed by atoms with Crippen molar-refractivity contribution in [2.45, 2.75) is 26.8 Å². The fourth-order valence-corrected chi connectivity index (χ4v) is 1.18. The van der Waals surface area contributed by atoms with E-state index in [0.717, 1.165) is 11.4 Å². The molecule has 4 heteroatoms. The van der Waals surface area contributed by atoms with Gasteiger partial charge >= 0.3 is 0 Å². The average molecular weight is 178 g/mol. The van der Waals surface area contributed by atoms with Gasteiger partial charge in [-0.2, -0.15) is 10.2 Å². The van der Waals surface area contributed by atoms with Crippen molar-refractivity contribution in [1.29, 1.82) is 0 Å². The normalized spacial score (nSPS) is 11.4. The Morgan fingerprint density at radius 1 is 1.62 bits per heavy atom. The summed E-state index contributed by atoms with van der Waals surface area (Å²) in [6, 6.07) is 0.423. The summed E-state index contributed by atoms with van der Waals surface area (Å²) in [5, 5.41) is 7.08. The Bertz CT molecular complexity index is 322. The van der Waals surface area contributed by atoms with Crippen LogP contribution in [0.4, 0.5) is 0 Å². The predicted molar refractivity (Wildman–Crippen MR) is 54.5 cm³/mol. The van der Waals surface area contributed by atoms with Gasteiger partial charge in [0.25, 0.3) is 0 Å². The van der Waals surface area contributed by atoms with Gasteiger partial charge in [0.2, 0.25) is 0 Å². The van der Waals surface area contributed by atoms with Gasteiger partial charge in [0.05, 0.1) is 12.5 Å². The van der Waals surface area contributed by atoms with Gasteiger partial charge in [0.1, 0.15) is 5.69 Å². The van der Waals surface area contributed by atoms with Crippen molar-refractivity contribution in [1.82, 2.24) is 9.55 Å². The van der Waals surface area contributed by atoms with Crippen LogP contribution in [0.2, 0.25) is 0 Å². The van der Waals surface area contributed by atoms with Crippen molar-refractivity contribution in [2.24, 2.45) is 10.2 Å². The Balaban J connectivity index is 2.99. The third-order valence-corrected chi connectivity index (χ3v) is 1.90. The molecule has 4 nitrogen and oxygen atoms in total. The Kier molecular flexibility index (Phi) is 2.95. The van der Waals surface area contributed by atoms with Crippen molar-refractivity contribution >= 4 is 12.9 Å². The van der Waals surface area contributed by atoms with Crippen molar-refractivity contribution in [3.63, 3.8) is 0 Å². The molecule has 0 saturated heterocycles. The van der Waals surface area contributed by atoms with Crippen LogP contribution < -0.4 is 0 Å². The molecule has 0 aliphatic carbocycles. The molecular formula is C9H14N4. The zero-order valence-corrected chi connectivity index (χ0v) is 8.23. The smallest absolute Gasteiger partial charge is 0.104 e. The zero-order chi connectivity index (χ0) is 9.84. The monoisotopic (exact) mass is 178 g/mol. The summed E-state index contributed by atoms with van der Waals surface area (Å²) in [6.07, 6.45) is 3.42. The minimum absolute atomic E-state index is 0.423. The fourth-order valence-electron chi connectivity index (χ4n) is 1.18. The van der Waals surface area contributed by atoms with Crippen LogP contribution in [0.3, 0.4) is 0 Å². The van der Waals surface area contributed by atoms with Crippen LogP contribution in [0.15, 0.2) is 16.5 Å². The third kappa shape index (κ3) is 2.02. The van der Waals surface area contributed by atoms with Crippen molar-refractivity contribution in [3.05, 3.63) is 17.7 Å². The van der Waals surface area contributed by atoms with Crippen molar-refractivity contribution < 1.29 is 0 Å². The molecule has 70 valence electrons. The first kappa shape index (κ1) is 9.64. The van der Waals surface area contributed by atoms with E-state index < -0.39 is 0 Å². The number of rotatable bonds is 3. The molecule has 0 fully saturated rings. The second kappa shape index (κ2) is 3.98. The maximum atomic E-state index is 4.20. The van der Waals surface area contributed by atoms with E-state index in [1.807, 2.05) is 13.3 Å². The Labute approximate surface area is 78.0 Å². The number of hydrogen-bond acceptors (Lipinski definition) is 3. The summed E-state index contributed by atoms with van der Waals surface area (Å²) < 4.78 is 2.09. The van der Waals surface area contributed by atoms with Gasteiger partial charge in [0, 0.05) is 18.5 Å². The van der Waals surface area contributed by atoms with Gasteiger partial charge in [0.15, 0.2) is 0 Å². The molecule has 0 amide bonds. The number of hydrogen-bond donors (Lipinski definition) is 0. The van der Waals surface area contributed by atoms with Crippen LogP contribution in [0.5, 0.6) is 0 Å². The van der Waals surface area contributed by atoms with Crippen molar-refractivity contribution in [2.75, 3.05) is 0 Å². The topological polar surface area (TPSA) is 42.5 Å². The lowest BCUT2D eigenvalue weighted by Crippen LogP contribution is -2.01. The molecule has 1 heterocycles. The van der Waals surface area contributed by atoms with E-state index in [1.165, 1.54) is 0 Å². The Hall–Kier alpha value is -1.45. The maximum absolute atomic E-state index is 4.20. The zero-order valence-electron chi connectivity index (χ0n) is 8.23. The standard InChI is InChI=1S/C9H14N4/c1-7(2)13-6-11-9(8(13)3)5-12-10-4/h5-7H,4H2,1-3H3/b12-5-. The molecule has 13 heavy (non-hydrogen) atoms. The van der Waals surface area contributed by atoms with Gasteiger partial charge in [-0.05, 0) is 20.8 Å². The van der Waals surface area contributed by atoms with Crippen LogP contribution in [0.25, 0.3) is 0 Å². The molecule has 0 aliphatic rings. The van der Waals surface area contributed by atoms with Crippen LogP contribution >= 0.6 is 0 Å². The average Bonchev–Trinajstić information content (AvgIpc) is 2.43. The first-order valence-electron chi connectivity index (χ1n) is 4.19. The van der Waals surface area contributed by atoms with Gasteiger partial charge in [-0.3, -0.25) is 0 Å². The molecule has 0 aromatic carbocycles. The molecule has 1 aromatic heterocycles. The summed E-state index contributed by atoms with van der Waals surface area (Å²) in [4.78, 5) is 4.20. The van der Waals surface area contributed by atoms with Gasteiger partial charge in [-0.15, -0.1) is 0 Å². The summed E-state index contributed by atoms with van der Waals surface area (Å²) >= 11 is 0. The van der Waals surface area contributed by atoms with Crippen molar-refractivity contribution in [3.8, 4) is 0 Å². The second-order valence-corrected chi connectivity index (χ2v) is 3.10. The lowest BCUT2D eigenvalue weighted by molar-refractivity contribution is 0.585. The summed E-state index contributed by atoms with van der Waals surface area (Å²) in [5.74, 6) is 0. The molecule has 0 radical (unpaired) electrons. The van der Waals surface area contributed by atoms with E-state index in [-0.39, 0.29) is 0 Å². The highest BCUT2D eigenvalue weighted by Gasteiger charge is 2.05. The number of nitrogens with zero attached hydrogens (tertiary/aromatic N) is 4. The quantitative estimate of drug-likeness (QED) is 0.514. The summed E-state index contributed by atoms with van der Waals surface area (Å²) in [7, 11) is 0. The van der Waals surface area contributed by atoms with E-state index >= 15 is 0 Å². The minimum atomic E-state index is 0.423. The highest BCUT2D eigenvalue weighted by Crippen LogP contribution is 2.10. The molecule has 0 bridgehead atoms. The van der Waals surface area contributed by atoms with E-state index in [4.69, 9.17) is 0 Å². The maximum Gasteiger partial charge on any atom is 0.104 e. The minimum Gasteiger partial charge on any atom is -0.332 e. The van der Waals surface area contributed by atoms with Crippen LogP contribution in [-0.2, 0) is 0 Å². The van der Waals surface area contributed by atoms with E-state index in [1.54, 1.807) is 6.21 Å². The molecular weight excluding hydrogens is 164 g/mol. The van der Waals surface area contributed by atoms with E-state index in [2.05, 4.69) is 40.3 Å². The third-order valence-electron chi connectivity index (χ3n) is 1.90. The molecule has 0 unspecified atom stereocenters. The second-order valence-electron chi connectivity index (χ2n) is 3.10. The molecule has 1 aromatic rings.